The molecule has 3 rings (SSSR count). The monoisotopic (exact) mass is 357 g/mol. The first-order valence-electron chi connectivity index (χ1n) is 7.85. The largest absolute Gasteiger partial charge is 0.401 e. The van der Waals surface area contributed by atoms with Gasteiger partial charge in [-0.1, -0.05) is 25.0 Å². The number of aromatic nitrogens is 4. The molecule has 7 nitrogen and oxygen atoms in total. The summed E-state index contributed by atoms with van der Waals surface area (Å²) in [6.07, 6.45) is 0. The first-order valence-corrected chi connectivity index (χ1v) is 8.73. The van der Waals surface area contributed by atoms with Crippen molar-refractivity contribution < 1.29 is 9.21 Å². The Morgan fingerprint density at radius 1 is 1.28 bits per heavy atom. The fraction of sp³-hybridized carbons (Fsp3) is 0.294. The summed E-state index contributed by atoms with van der Waals surface area (Å²) < 4.78 is 7.18. The molecule has 130 valence electrons. The first kappa shape index (κ1) is 17.2. The molecule has 0 bridgehead atoms. The third-order valence-corrected chi connectivity index (χ3v) is 4.33. The Morgan fingerprint density at radius 3 is 2.76 bits per heavy atom. The molecule has 0 spiro atoms. The number of rotatable bonds is 5. The van der Waals surface area contributed by atoms with Crippen LogP contribution in [-0.2, 0) is 7.05 Å². The molecule has 1 aromatic carbocycles. The summed E-state index contributed by atoms with van der Waals surface area (Å²) in [6.45, 7) is 6.10. The van der Waals surface area contributed by atoms with Crippen LogP contribution in [0.2, 0.25) is 0 Å². The lowest BCUT2D eigenvalue weighted by molar-refractivity contribution is 0.102. The number of nitrogens with one attached hydrogen (secondary N) is 1. The van der Waals surface area contributed by atoms with E-state index in [0.717, 1.165) is 10.6 Å². The Bertz CT molecular complexity index is 900. The smallest absolute Gasteiger partial charge is 0.322 e. The van der Waals surface area contributed by atoms with Gasteiger partial charge in [-0.3, -0.25) is 14.8 Å². The number of amides is 1. The highest BCUT2D eigenvalue weighted by Crippen LogP contribution is 2.24. The van der Waals surface area contributed by atoms with Gasteiger partial charge in [-0.15, -0.1) is 16.9 Å². The average Bonchev–Trinajstić information content (AvgIpc) is 3.13. The molecule has 3 aromatic rings. The van der Waals surface area contributed by atoms with Gasteiger partial charge in [0.2, 0.25) is 0 Å². The lowest BCUT2D eigenvalue weighted by Crippen LogP contribution is -2.12. The number of carbonyl (C=O) groups is 1. The zero-order valence-corrected chi connectivity index (χ0v) is 15.3. The van der Waals surface area contributed by atoms with Gasteiger partial charge < -0.3 is 4.42 Å². The summed E-state index contributed by atoms with van der Waals surface area (Å²) >= 11 is 1.70. The fourth-order valence-corrected chi connectivity index (χ4v) is 3.24. The predicted molar refractivity (Wildman–Crippen MR) is 96.6 cm³/mol. The first-order chi connectivity index (χ1) is 11.9. The minimum atomic E-state index is -0.289. The fourth-order valence-electron chi connectivity index (χ4n) is 2.34. The van der Waals surface area contributed by atoms with Gasteiger partial charge in [0.25, 0.3) is 11.8 Å². The number of anilines is 1. The molecular weight excluding hydrogens is 338 g/mol. The molecule has 1 amide bonds. The van der Waals surface area contributed by atoms with Gasteiger partial charge in [0.05, 0.1) is 5.69 Å². The van der Waals surface area contributed by atoms with Crippen LogP contribution in [0.15, 0.2) is 39.6 Å². The molecule has 1 N–H and O–H groups in total. The minimum absolute atomic E-state index is 0.0563. The Hall–Kier alpha value is -2.61. The maximum atomic E-state index is 12.4. The highest BCUT2D eigenvalue weighted by Gasteiger charge is 2.16. The SMILES string of the molecule is Cc1cc(-c2nnc(NC(=O)c3cccc(SC(C)C)c3)o2)n(C)n1. The maximum Gasteiger partial charge on any atom is 0.322 e. The maximum absolute atomic E-state index is 12.4. The molecule has 0 unspecified atom stereocenters. The minimum Gasteiger partial charge on any atom is -0.401 e. The molecule has 0 saturated carbocycles. The lowest BCUT2D eigenvalue weighted by Gasteiger charge is -2.06. The number of hydrogen-bond acceptors (Lipinski definition) is 6. The Morgan fingerprint density at radius 2 is 2.08 bits per heavy atom. The van der Waals surface area contributed by atoms with Gasteiger partial charge in [0, 0.05) is 22.8 Å². The van der Waals surface area contributed by atoms with Crippen molar-refractivity contribution in [2.75, 3.05) is 5.32 Å². The van der Waals surface area contributed by atoms with Gasteiger partial charge in [-0.2, -0.15) is 5.10 Å². The molecule has 0 aliphatic heterocycles. The van der Waals surface area contributed by atoms with Crippen molar-refractivity contribution in [3.05, 3.63) is 41.6 Å². The standard InChI is InChI=1S/C17H19N5O2S/c1-10(2)25-13-7-5-6-12(9-13)15(23)18-17-20-19-16(24-17)14-8-11(3)21-22(14)4/h5-10H,1-4H3,(H,18,20,23). The summed E-state index contributed by atoms with van der Waals surface area (Å²) in [5, 5.41) is 15.2. The van der Waals surface area contributed by atoms with Gasteiger partial charge in [-0.05, 0) is 31.2 Å². The predicted octanol–water partition coefficient (Wildman–Crippen LogP) is 3.53. The van der Waals surface area contributed by atoms with Gasteiger partial charge in [0.1, 0.15) is 5.69 Å². The van der Waals surface area contributed by atoms with E-state index >= 15 is 0 Å². The van der Waals surface area contributed by atoms with E-state index in [0.29, 0.717) is 22.4 Å². The summed E-state index contributed by atoms with van der Waals surface area (Å²) in [5.74, 6) is 0.0186. The van der Waals surface area contributed by atoms with E-state index in [4.69, 9.17) is 4.42 Å². The van der Waals surface area contributed by atoms with Crippen LogP contribution < -0.4 is 5.32 Å². The molecule has 25 heavy (non-hydrogen) atoms. The van der Waals surface area contributed by atoms with E-state index < -0.39 is 0 Å². The van der Waals surface area contributed by atoms with E-state index in [1.165, 1.54) is 0 Å². The van der Waals surface area contributed by atoms with Crippen LogP contribution in [0.5, 0.6) is 0 Å². The van der Waals surface area contributed by atoms with E-state index in [2.05, 4.69) is 34.5 Å². The second-order valence-corrected chi connectivity index (χ2v) is 7.51. The molecule has 0 atom stereocenters. The van der Waals surface area contributed by atoms with E-state index in [9.17, 15) is 4.79 Å². The van der Waals surface area contributed by atoms with Crippen LogP contribution in [0.25, 0.3) is 11.6 Å². The van der Waals surface area contributed by atoms with E-state index in [1.807, 2.05) is 31.2 Å². The van der Waals surface area contributed by atoms with Crippen molar-refractivity contribution in [1.82, 2.24) is 20.0 Å². The van der Waals surface area contributed by atoms with E-state index in [1.54, 1.807) is 29.6 Å². The summed E-state index contributed by atoms with van der Waals surface area (Å²) in [7, 11) is 1.79. The molecule has 0 radical (unpaired) electrons. The number of hydrogen-bond donors (Lipinski definition) is 1. The summed E-state index contributed by atoms with van der Waals surface area (Å²) in [5.41, 5.74) is 2.09. The number of carbonyl (C=O) groups excluding carboxylic acids is 1. The lowest BCUT2D eigenvalue weighted by atomic mass is 10.2. The normalized spacial score (nSPS) is 11.1. The topological polar surface area (TPSA) is 85.8 Å². The van der Waals surface area contributed by atoms with Gasteiger partial charge >= 0.3 is 6.01 Å². The number of thioether (sulfide) groups is 1. The van der Waals surface area contributed by atoms with Crippen molar-refractivity contribution in [3.8, 4) is 11.6 Å². The van der Waals surface area contributed by atoms with Gasteiger partial charge in [0.15, 0.2) is 0 Å². The van der Waals surface area contributed by atoms with Crippen molar-refractivity contribution in [3.63, 3.8) is 0 Å². The quantitative estimate of drug-likeness (QED) is 0.703. The Kier molecular flexibility index (Phi) is 4.89. The molecule has 2 aromatic heterocycles. The average molecular weight is 357 g/mol. The van der Waals surface area contributed by atoms with Crippen LogP contribution in [0, 0.1) is 6.92 Å². The van der Waals surface area contributed by atoms with Crippen molar-refractivity contribution in [2.45, 2.75) is 30.9 Å². The molecular formula is C17H19N5O2S. The molecule has 0 fully saturated rings. The summed E-state index contributed by atoms with van der Waals surface area (Å²) in [6, 6.07) is 9.34. The highest BCUT2D eigenvalue weighted by molar-refractivity contribution is 7.99. The van der Waals surface area contributed by atoms with Crippen molar-refractivity contribution in [2.24, 2.45) is 7.05 Å². The Labute approximate surface area is 149 Å². The van der Waals surface area contributed by atoms with Crippen LogP contribution in [0.1, 0.15) is 29.9 Å². The summed E-state index contributed by atoms with van der Waals surface area (Å²) in [4.78, 5) is 13.4. The van der Waals surface area contributed by atoms with Gasteiger partial charge in [-0.25, -0.2) is 0 Å². The van der Waals surface area contributed by atoms with Crippen LogP contribution in [0.3, 0.4) is 0 Å². The molecule has 2 heterocycles. The van der Waals surface area contributed by atoms with Crippen molar-refractivity contribution >= 4 is 23.7 Å². The zero-order chi connectivity index (χ0) is 18.0. The molecule has 8 heteroatoms. The molecule has 0 aliphatic rings. The molecule has 0 aliphatic carbocycles. The highest BCUT2D eigenvalue weighted by atomic mass is 32.2. The molecule has 0 saturated heterocycles. The second kappa shape index (κ2) is 7.10. The third-order valence-electron chi connectivity index (χ3n) is 3.33. The number of benzene rings is 1. The van der Waals surface area contributed by atoms with Crippen LogP contribution in [-0.4, -0.2) is 31.1 Å². The van der Waals surface area contributed by atoms with Crippen molar-refractivity contribution in [1.29, 1.82) is 0 Å². The van der Waals surface area contributed by atoms with Crippen LogP contribution >= 0.6 is 11.8 Å². The number of aryl methyl sites for hydroxylation is 2. The Balaban J connectivity index is 1.75. The third kappa shape index (κ3) is 4.08. The number of nitrogens with zero attached hydrogens (tertiary/aromatic N) is 4. The second-order valence-electron chi connectivity index (χ2n) is 5.86. The van der Waals surface area contributed by atoms with Crippen LogP contribution in [0.4, 0.5) is 6.01 Å². The van der Waals surface area contributed by atoms with E-state index in [-0.39, 0.29) is 11.9 Å². The zero-order valence-electron chi connectivity index (χ0n) is 14.5.